The van der Waals surface area contributed by atoms with E-state index in [9.17, 15) is 14.7 Å². The highest BCUT2D eigenvalue weighted by atomic mass is 35.5. The molecule has 2 aliphatic heterocycles. The van der Waals surface area contributed by atoms with Crippen molar-refractivity contribution in [3.8, 4) is 0 Å². The summed E-state index contributed by atoms with van der Waals surface area (Å²) >= 11 is 12.6. The lowest BCUT2D eigenvalue weighted by Crippen LogP contribution is -2.58. The molecule has 1 N–H and O–H groups in total. The van der Waals surface area contributed by atoms with Gasteiger partial charge in [0, 0.05) is 41.6 Å². The molecule has 0 spiro atoms. The summed E-state index contributed by atoms with van der Waals surface area (Å²) in [7, 11) is 0. The van der Waals surface area contributed by atoms with Gasteiger partial charge < -0.3 is 14.7 Å². The van der Waals surface area contributed by atoms with Gasteiger partial charge in [0.1, 0.15) is 0 Å². The molecule has 2 heterocycles. The molecule has 0 radical (unpaired) electrons. The van der Waals surface area contributed by atoms with E-state index in [4.69, 9.17) is 27.9 Å². The monoisotopic (exact) mass is 532 g/mol. The number of halogens is 2. The number of nitrogens with zero attached hydrogens (tertiary/aromatic N) is 2. The van der Waals surface area contributed by atoms with Crippen molar-refractivity contribution in [2.45, 2.75) is 51.1 Å². The van der Waals surface area contributed by atoms with Crippen LogP contribution in [-0.2, 0) is 14.3 Å². The summed E-state index contributed by atoms with van der Waals surface area (Å²) in [5, 5.41) is 11.0. The van der Waals surface area contributed by atoms with Gasteiger partial charge in [-0.15, -0.1) is 0 Å². The minimum absolute atomic E-state index is 0.0913. The molecule has 4 rings (SSSR count). The van der Waals surface area contributed by atoms with Crippen molar-refractivity contribution >= 4 is 35.1 Å². The fraction of sp³-hybridized carbons (Fsp3) is 0.500. The average molecular weight is 533 g/mol. The summed E-state index contributed by atoms with van der Waals surface area (Å²) in [4.78, 5) is 30.5. The zero-order chi connectivity index (χ0) is 25.9. The van der Waals surface area contributed by atoms with Crippen LogP contribution in [0.1, 0.15) is 56.2 Å². The lowest BCUT2D eigenvalue weighted by Gasteiger charge is -2.52. The number of hydrogen-bond acceptors (Lipinski definition) is 4. The summed E-state index contributed by atoms with van der Waals surface area (Å²) in [5.41, 5.74) is 0.938. The van der Waals surface area contributed by atoms with Crippen LogP contribution in [0.3, 0.4) is 0 Å². The Labute approximate surface area is 223 Å². The van der Waals surface area contributed by atoms with E-state index in [1.165, 1.54) is 0 Å². The molecule has 2 fully saturated rings. The standard InChI is InChI=1S/C28H34Cl2N2O4/c1-3-23(18-31-11-13-36-14-12-31)32-26(19-7-9-21(29)10-8-19)24(20-5-4-6-22(30)15-20)16-28(2,27(32)35)17-25(33)34/h4-10,15,23-24,26H,3,11-14,16-18H2,1-2H3,(H,33,34)/t23-,24?,26+,28+/m0/s1. The van der Waals surface area contributed by atoms with Crippen molar-refractivity contribution in [2.24, 2.45) is 5.41 Å². The summed E-state index contributed by atoms with van der Waals surface area (Å²) in [6.07, 6.45) is 0.940. The molecule has 2 aromatic rings. The average Bonchev–Trinajstić information content (AvgIpc) is 2.85. The first-order chi connectivity index (χ1) is 17.2. The largest absolute Gasteiger partial charge is 0.481 e. The number of morpholine rings is 1. The van der Waals surface area contributed by atoms with Crippen molar-refractivity contribution in [1.29, 1.82) is 0 Å². The molecule has 0 aromatic heterocycles. The van der Waals surface area contributed by atoms with Gasteiger partial charge in [-0.25, -0.2) is 0 Å². The molecule has 2 aromatic carbocycles. The molecule has 194 valence electrons. The van der Waals surface area contributed by atoms with Crippen molar-refractivity contribution in [3.05, 3.63) is 69.7 Å². The van der Waals surface area contributed by atoms with Crippen LogP contribution < -0.4 is 0 Å². The minimum atomic E-state index is -1.04. The molecule has 0 aliphatic carbocycles. The van der Waals surface area contributed by atoms with Crippen LogP contribution in [0.4, 0.5) is 0 Å². The van der Waals surface area contributed by atoms with Gasteiger partial charge in [0.25, 0.3) is 0 Å². The van der Waals surface area contributed by atoms with Gasteiger partial charge in [0.05, 0.1) is 31.1 Å². The fourth-order valence-electron chi connectivity index (χ4n) is 5.78. The zero-order valence-electron chi connectivity index (χ0n) is 20.8. The summed E-state index contributed by atoms with van der Waals surface area (Å²) in [6.45, 7) is 7.58. The molecular weight excluding hydrogens is 499 g/mol. The maximum Gasteiger partial charge on any atom is 0.304 e. The molecular formula is C28H34Cl2N2O4. The van der Waals surface area contributed by atoms with E-state index in [1.807, 2.05) is 53.4 Å². The third kappa shape index (κ3) is 5.88. The van der Waals surface area contributed by atoms with E-state index in [-0.39, 0.29) is 30.3 Å². The van der Waals surface area contributed by atoms with Gasteiger partial charge in [0.15, 0.2) is 0 Å². The predicted molar refractivity (Wildman–Crippen MR) is 142 cm³/mol. The van der Waals surface area contributed by atoms with Gasteiger partial charge in [0.2, 0.25) is 5.91 Å². The first kappa shape index (κ1) is 26.9. The Morgan fingerprint density at radius 2 is 1.81 bits per heavy atom. The van der Waals surface area contributed by atoms with Crippen molar-refractivity contribution in [1.82, 2.24) is 9.80 Å². The Morgan fingerprint density at radius 1 is 1.11 bits per heavy atom. The summed E-state index contributed by atoms with van der Waals surface area (Å²) < 4.78 is 5.53. The van der Waals surface area contributed by atoms with Gasteiger partial charge in [-0.1, -0.05) is 61.3 Å². The van der Waals surface area contributed by atoms with E-state index < -0.39 is 11.4 Å². The third-order valence-electron chi connectivity index (χ3n) is 7.57. The van der Waals surface area contributed by atoms with Crippen LogP contribution in [0.15, 0.2) is 48.5 Å². The Kier molecular flexibility index (Phi) is 8.61. The summed E-state index contributed by atoms with van der Waals surface area (Å²) in [5.74, 6) is -1.21. The number of carbonyl (C=O) groups is 2. The Morgan fingerprint density at radius 3 is 2.42 bits per heavy atom. The topological polar surface area (TPSA) is 70.1 Å². The van der Waals surface area contributed by atoms with Crippen LogP contribution in [-0.4, -0.2) is 65.7 Å². The quantitative estimate of drug-likeness (QED) is 0.476. The smallest absolute Gasteiger partial charge is 0.304 e. The number of benzene rings is 2. The fourth-order valence-corrected chi connectivity index (χ4v) is 6.10. The normalized spacial score (nSPS) is 26.1. The maximum absolute atomic E-state index is 14.3. The second-order valence-electron chi connectivity index (χ2n) is 10.2. The lowest BCUT2D eigenvalue weighted by atomic mass is 9.67. The number of carboxylic acid groups (broad SMARTS) is 1. The van der Waals surface area contributed by atoms with Gasteiger partial charge in [-0.2, -0.15) is 0 Å². The highest BCUT2D eigenvalue weighted by Crippen LogP contribution is 2.52. The van der Waals surface area contributed by atoms with Crippen LogP contribution in [0.25, 0.3) is 0 Å². The van der Waals surface area contributed by atoms with Gasteiger partial charge in [-0.3, -0.25) is 14.5 Å². The number of likely N-dealkylation sites (tertiary alicyclic amines) is 1. The number of carboxylic acids is 1. The highest BCUT2D eigenvalue weighted by molar-refractivity contribution is 6.30. The molecule has 1 amide bonds. The second kappa shape index (κ2) is 11.5. The van der Waals surface area contributed by atoms with E-state index in [0.29, 0.717) is 36.2 Å². The molecule has 0 saturated carbocycles. The van der Waals surface area contributed by atoms with Crippen molar-refractivity contribution in [3.63, 3.8) is 0 Å². The number of piperidine rings is 1. The number of rotatable bonds is 8. The van der Waals surface area contributed by atoms with Gasteiger partial charge >= 0.3 is 5.97 Å². The SMILES string of the molecule is CC[C@@H](CN1CCOCC1)N1C(=O)[C@@](C)(CC(=O)O)CC(c2cccc(Cl)c2)[C@H]1c1ccc(Cl)cc1. The first-order valence-corrected chi connectivity index (χ1v) is 13.3. The minimum Gasteiger partial charge on any atom is -0.481 e. The van der Waals surface area contributed by atoms with Crippen molar-refractivity contribution in [2.75, 3.05) is 32.8 Å². The van der Waals surface area contributed by atoms with Crippen LogP contribution in [0.5, 0.6) is 0 Å². The summed E-state index contributed by atoms with van der Waals surface area (Å²) in [6, 6.07) is 15.0. The van der Waals surface area contributed by atoms with E-state index >= 15 is 0 Å². The van der Waals surface area contributed by atoms with Crippen LogP contribution in [0, 0.1) is 5.41 Å². The highest BCUT2D eigenvalue weighted by Gasteiger charge is 2.52. The van der Waals surface area contributed by atoms with E-state index in [1.54, 1.807) is 6.92 Å². The molecule has 2 saturated heterocycles. The predicted octanol–water partition coefficient (Wildman–Crippen LogP) is 5.64. The Bertz CT molecular complexity index is 1070. The van der Waals surface area contributed by atoms with Gasteiger partial charge in [-0.05, 0) is 48.2 Å². The zero-order valence-corrected chi connectivity index (χ0v) is 22.3. The number of amides is 1. The molecule has 4 atom stereocenters. The maximum atomic E-state index is 14.3. The molecule has 2 aliphatic rings. The molecule has 8 heteroatoms. The third-order valence-corrected chi connectivity index (χ3v) is 8.06. The van der Waals surface area contributed by atoms with Crippen LogP contribution >= 0.6 is 23.2 Å². The number of hydrogen-bond donors (Lipinski definition) is 1. The number of carbonyl (C=O) groups excluding carboxylic acids is 1. The van der Waals surface area contributed by atoms with Crippen molar-refractivity contribution < 1.29 is 19.4 Å². The molecule has 6 nitrogen and oxygen atoms in total. The molecule has 0 bridgehead atoms. The second-order valence-corrected chi connectivity index (χ2v) is 11.1. The van der Waals surface area contributed by atoms with Crippen LogP contribution in [0.2, 0.25) is 10.0 Å². The lowest BCUT2D eigenvalue weighted by molar-refractivity contribution is -0.161. The number of ether oxygens (including phenoxy) is 1. The Hall–Kier alpha value is -2.12. The molecule has 36 heavy (non-hydrogen) atoms. The number of aliphatic carboxylic acids is 1. The Balaban J connectivity index is 1.84. The van der Waals surface area contributed by atoms with E-state index in [0.717, 1.165) is 30.6 Å². The first-order valence-electron chi connectivity index (χ1n) is 12.6. The van der Waals surface area contributed by atoms with E-state index in [2.05, 4.69) is 11.8 Å². The molecule has 1 unspecified atom stereocenters.